The molecule has 5 rings (SSSR count). The number of hydrogen-bond acceptors (Lipinski definition) is 6. The molecule has 0 radical (unpaired) electrons. The number of nitrogens with zero attached hydrogens (tertiary/aromatic N) is 7. The molecule has 0 bridgehead atoms. The Balaban J connectivity index is 0.000000750. The van der Waals surface area contributed by atoms with Crippen LogP contribution in [0.25, 0.3) is 16.6 Å². The van der Waals surface area contributed by atoms with E-state index < -0.39 is 0 Å². The van der Waals surface area contributed by atoms with Gasteiger partial charge in [-0.2, -0.15) is 5.10 Å². The molecule has 1 aromatic carbocycles. The van der Waals surface area contributed by atoms with Crippen molar-refractivity contribution in [1.29, 1.82) is 0 Å². The highest BCUT2D eigenvalue weighted by Crippen LogP contribution is 2.31. The summed E-state index contributed by atoms with van der Waals surface area (Å²) in [4.78, 5) is 18.5. The molecule has 0 atom stereocenters. The summed E-state index contributed by atoms with van der Waals surface area (Å²) < 4.78 is 1.90. The Labute approximate surface area is 223 Å². The molecular formula is C30H45N7. The first-order valence-electron chi connectivity index (χ1n) is 13.7. The molecule has 7 heteroatoms. The Morgan fingerprint density at radius 1 is 0.784 bits per heavy atom. The van der Waals surface area contributed by atoms with Crippen molar-refractivity contribution in [2.24, 2.45) is 0 Å². The van der Waals surface area contributed by atoms with Crippen molar-refractivity contribution in [2.75, 3.05) is 31.1 Å². The minimum atomic E-state index is -0.115. The van der Waals surface area contributed by atoms with Gasteiger partial charge in [0.15, 0.2) is 0 Å². The minimum Gasteiger partial charge on any atom is -0.353 e. The minimum absolute atomic E-state index is 0.115. The summed E-state index contributed by atoms with van der Waals surface area (Å²) in [7, 11) is 0. The van der Waals surface area contributed by atoms with Crippen LogP contribution in [0, 0.1) is 6.92 Å². The summed E-state index contributed by atoms with van der Waals surface area (Å²) in [5, 5.41) is 5.70. The molecule has 0 N–H and O–H groups in total. The first-order valence-corrected chi connectivity index (χ1v) is 13.7. The fourth-order valence-corrected chi connectivity index (χ4v) is 4.34. The van der Waals surface area contributed by atoms with Crippen molar-refractivity contribution < 1.29 is 0 Å². The molecule has 0 aliphatic carbocycles. The molecule has 1 fully saturated rings. The van der Waals surface area contributed by atoms with Crippen molar-refractivity contribution in [3.05, 3.63) is 72.6 Å². The highest BCUT2D eigenvalue weighted by molar-refractivity contribution is 5.89. The lowest BCUT2D eigenvalue weighted by atomic mass is 9.94. The van der Waals surface area contributed by atoms with E-state index in [0.29, 0.717) is 0 Å². The van der Waals surface area contributed by atoms with E-state index in [9.17, 15) is 0 Å². The van der Waals surface area contributed by atoms with Gasteiger partial charge in [0.05, 0.1) is 23.6 Å². The van der Waals surface area contributed by atoms with E-state index in [1.54, 1.807) is 6.20 Å². The van der Waals surface area contributed by atoms with Crippen LogP contribution in [0.3, 0.4) is 0 Å². The molecule has 4 heterocycles. The van der Waals surface area contributed by atoms with E-state index in [2.05, 4.69) is 63.1 Å². The summed E-state index contributed by atoms with van der Waals surface area (Å²) in [5.74, 6) is 1.87. The molecule has 4 aromatic rings. The molecule has 1 aliphatic heterocycles. The van der Waals surface area contributed by atoms with Crippen LogP contribution in [0.4, 0.5) is 5.82 Å². The standard InChI is InChI=1S/C24H27N7.3C2H6/c1-18-27-22-9-5-4-8-21(22)23(28-18)29-11-13-30(14-12-29)24(2,3)19-15-26-31(17-19)20-7-6-10-25-16-20;3*1-2/h4-10,15-17H,11-14H2,1-3H3;3*1-2H3. The van der Waals surface area contributed by atoms with Crippen LogP contribution in [0.2, 0.25) is 0 Å². The average molecular weight is 504 g/mol. The number of hydrogen-bond donors (Lipinski definition) is 0. The summed E-state index contributed by atoms with van der Waals surface area (Å²) in [6, 6.07) is 12.2. The summed E-state index contributed by atoms with van der Waals surface area (Å²) in [6.07, 6.45) is 7.70. The Bertz CT molecular complexity index is 1190. The fraction of sp³-hybridized carbons (Fsp3) is 0.467. The zero-order chi connectivity index (χ0) is 27.4. The largest absolute Gasteiger partial charge is 0.353 e. The van der Waals surface area contributed by atoms with Crippen LogP contribution in [0.5, 0.6) is 0 Å². The van der Waals surface area contributed by atoms with Crippen LogP contribution < -0.4 is 4.90 Å². The number of rotatable bonds is 4. The zero-order valence-electron chi connectivity index (χ0n) is 24.2. The van der Waals surface area contributed by atoms with E-state index in [4.69, 9.17) is 4.98 Å². The number of aryl methyl sites for hydroxylation is 1. The normalized spacial score (nSPS) is 13.5. The van der Waals surface area contributed by atoms with Crippen LogP contribution in [0.1, 0.15) is 66.8 Å². The molecule has 200 valence electrons. The molecule has 7 nitrogen and oxygen atoms in total. The Kier molecular flexibility index (Phi) is 11.7. The lowest BCUT2D eigenvalue weighted by Crippen LogP contribution is -2.53. The first-order chi connectivity index (χ1) is 18.0. The second-order valence-corrected chi connectivity index (χ2v) is 8.53. The number of piperazine rings is 1. The van der Waals surface area contributed by atoms with E-state index in [0.717, 1.165) is 54.4 Å². The monoisotopic (exact) mass is 503 g/mol. The van der Waals surface area contributed by atoms with Gasteiger partial charge in [-0.3, -0.25) is 9.88 Å². The van der Waals surface area contributed by atoms with Crippen LogP contribution in [-0.4, -0.2) is 55.8 Å². The van der Waals surface area contributed by atoms with Gasteiger partial charge in [-0.25, -0.2) is 14.6 Å². The molecule has 1 aliphatic rings. The molecule has 1 saturated heterocycles. The number of aromatic nitrogens is 5. The zero-order valence-corrected chi connectivity index (χ0v) is 24.2. The second kappa shape index (κ2) is 14.4. The Hall–Kier alpha value is -3.32. The van der Waals surface area contributed by atoms with Crippen molar-refractivity contribution in [3.63, 3.8) is 0 Å². The molecule has 0 amide bonds. The molecular weight excluding hydrogens is 458 g/mol. The Morgan fingerprint density at radius 3 is 2.11 bits per heavy atom. The lowest BCUT2D eigenvalue weighted by molar-refractivity contribution is 0.111. The van der Waals surface area contributed by atoms with E-state index >= 15 is 0 Å². The third-order valence-electron chi connectivity index (χ3n) is 6.26. The quantitative estimate of drug-likeness (QED) is 0.310. The number of para-hydroxylation sites is 1. The fourth-order valence-electron chi connectivity index (χ4n) is 4.34. The van der Waals surface area contributed by atoms with Gasteiger partial charge in [0.25, 0.3) is 0 Å². The van der Waals surface area contributed by atoms with Gasteiger partial charge in [0.2, 0.25) is 0 Å². The summed E-state index contributed by atoms with van der Waals surface area (Å²) in [5.41, 5.74) is 3.07. The van der Waals surface area contributed by atoms with Gasteiger partial charge < -0.3 is 4.90 Å². The van der Waals surface area contributed by atoms with Crippen molar-refractivity contribution in [1.82, 2.24) is 29.6 Å². The maximum atomic E-state index is 4.78. The maximum Gasteiger partial charge on any atom is 0.140 e. The predicted octanol–water partition coefficient (Wildman–Crippen LogP) is 6.65. The van der Waals surface area contributed by atoms with E-state index in [-0.39, 0.29) is 5.54 Å². The van der Waals surface area contributed by atoms with Crippen LogP contribution in [-0.2, 0) is 5.54 Å². The van der Waals surface area contributed by atoms with Crippen LogP contribution in [0.15, 0.2) is 61.2 Å². The van der Waals surface area contributed by atoms with Gasteiger partial charge in [0, 0.05) is 55.1 Å². The van der Waals surface area contributed by atoms with Crippen molar-refractivity contribution in [3.8, 4) is 5.69 Å². The molecule has 3 aromatic heterocycles. The maximum absolute atomic E-state index is 4.78. The molecule has 0 unspecified atom stereocenters. The topological polar surface area (TPSA) is 63.0 Å². The third-order valence-corrected chi connectivity index (χ3v) is 6.26. The van der Waals surface area contributed by atoms with Gasteiger partial charge in [-0.15, -0.1) is 0 Å². The van der Waals surface area contributed by atoms with E-state index in [1.807, 2.05) is 83.7 Å². The number of benzene rings is 1. The van der Waals surface area contributed by atoms with Crippen LogP contribution >= 0.6 is 0 Å². The summed E-state index contributed by atoms with van der Waals surface area (Å²) in [6.45, 7) is 22.3. The smallest absolute Gasteiger partial charge is 0.140 e. The molecule has 0 spiro atoms. The molecule has 0 saturated carbocycles. The first kappa shape index (κ1) is 29.9. The van der Waals surface area contributed by atoms with E-state index in [1.165, 1.54) is 5.56 Å². The SMILES string of the molecule is CC.CC.CC.Cc1nc(N2CCN(C(C)(C)c3cnn(-c4cccnc4)c3)CC2)c2ccccc2n1. The highest BCUT2D eigenvalue weighted by Gasteiger charge is 2.33. The van der Waals surface area contributed by atoms with Gasteiger partial charge >= 0.3 is 0 Å². The average Bonchev–Trinajstić information content (AvgIpc) is 3.48. The predicted molar refractivity (Wildman–Crippen MR) is 156 cm³/mol. The van der Waals surface area contributed by atoms with Crippen molar-refractivity contribution in [2.45, 2.75) is 67.9 Å². The molecule has 37 heavy (non-hydrogen) atoms. The number of fused-ring (bicyclic) bond motifs is 1. The lowest BCUT2D eigenvalue weighted by Gasteiger charge is -2.44. The third kappa shape index (κ3) is 6.92. The second-order valence-electron chi connectivity index (χ2n) is 8.53. The van der Waals surface area contributed by atoms with Gasteiger partial charge in [0.1, 0.15) is 11.6 Å². The summed E-state index contributed by atoms with van der Waals surface area (Å²) >= 11 is 0. The Morgan fingerprint density at radius 2 is 1.46 bits per heavy atom. The number of pyridine rings is 1. The van der Waals surface area contributed by atoms with Gasteiger partial charge in [-0.05, 0) is 45.0 Å². The highest BCUT2D eigenvalue weighted by atomic mass is 15.3. The number of anilines is 1. The van der Waals surface area contributed by atoms with Gasteiger partial charge in [-0.1, -0.05) is 53.7 Å². The van der Waals surface area contributed by atoms with Crippen molar-refractivity contribution >= 4 is 16.7 Å².